The Hall–Kier alpha value is -1.02. The first-order chi connectivity index (χ1) is 8.31. The van der Waals surface area contributed by atoms with Crippen LogP contribution in [-0.2, 0) is 6.42 Å². The zero-order chi connectivity index (χ0) is 11.7. The van der Waals surface area contributed by atoms with Crippen molar-refractivity contribution >= 4 is 21.4 Å². The van der Waals surface area contributed by atoms with Gasteiger partial charge in [0.25, 0.3) is 0 Å². The Morgan fingerprint density at radius 3 is 2.76 bits per heavy atom. The number of rotatable bonds is 2. The van der Waals surface area contributed by atoms with Gasteiger partial charge in [0.1, 0.15) is 5.75 Å². The van der Waals surface area contributed by atoms with Gasteiger partial charge in [-0.05, 0) is 42.0 Å². The Morgan fingerprint density at radius 2 is 1.94 bits per heavy atom. The number of phenols is 1. The summed E-state index contributed by atoms with van der Waals surface area (Å²) in [5, 5.41) is 10.7. The molecule has 1 nitrogen and oxygen atoms in total. The molecule has 0 saturated heterocycles. The van der Waals surface area contributed by atoms with Crippen LogP contribution in [0.1, 0.15) is 37.0 Å². The number of hydrogen-bond acceptors (Lipinski definition) is 2. The fourth-order valence-corrected chi connectivity index (χ4v) is 4.06. The van der Waals surface area contributed by atoms with Crippen molar-refractivity contribution in [2.45, 2.75) is 38.5 Å². The lowest BCUT2D eigenvalue weighted by atomic mass is 9.86. The molecule has 0 unspecified atom stereocenters. The minimum atomic E-state index is 0.378. The van der Waals surface area contributed by atoms with E-state index in [-0.39, 0.29) is 0 Å². The molecular formula is C15H18OS. The first kappa shape index (κ1) is 11.1. The highest BCUT2D eigenvalue weighted by Crippen LogP contribution is 2.33. The third-order valence-electron chi connectivity index (χ3n) is 3.77. The summed E-state index contributed by atoms with van der Waals surface area (Å²) in [7, 11) is 0. The second-order valence-corrected chi connectivity index (χ2v) is 6.31. The molecule has 1 aliphatic carbocycles. The molecule has 3 rings (SSSR count). The van der Waals surface area contributed by atoms with E-state index >= 15 is 0 Å². The van der Waals surface area contributed by atoms with E-state index < -0.39 is 0 Å². The van der Waals surface area contributed by atoms with E-state index in [2.05, 4.69) is 6.07 Å². The Balaban J connectivity index is 1.80. The van der Waals surface area contributed by atoms with Crippen LogP contribution in [0, 0.1) is 5.92 Å². The maximum Gasteiger partial charge on any atom is 0.117 e. The predicted molar refractivity (Wildman–Crippen MR) is 73.8 cm³/mol. The summed E-state index contributed by atoms with van der Waals surface area (Å²) in [5.74, 6) is 1.27. The molecule has 17 heavy (non-hydrogen) atoms. The SMILES string of the molecule is Oc1ccc2cc(CC3CCCCC3)sc2c1. The highest BCUT2D eigenvalue weighted by Gasteiger charge is 2.15. The fraction of sp³-hybridized carbons (Fsp3) is 0.467. The maximum atomic E-state index is 9.47. The molecule has 0 spiro atoms. The standard InChI is InChI=1S/C15H18OS/c16-13-7-6-12-9-14(17-15(12)10-13)8-11-4-2-1-3-5-11/h6-7,9-11,16H,1-5,8H2. The molecule has 0 bridgehead atoms. The zero-order valence-electron chi connectivity index (χ0n) is 9.98. The van der Waals surface area contributed by atoms with Crippen molar-refractivity contribution in [3.05, 3.63) is 29.1 Å². The highest BCUT2D eigenvalue weighted by molar-refractivity contribution is 7.19. The summed E-state index contributed by atoms with van der Waals surface area (Å²) in [6.45, 7) is 0. The molecule has 2 aromatic rings. The topological polar surface area (TPSA) is 20.2 Å². The Labute approximate surface area is 106 Å². The van der Waals surface area contributed by atoms with Gasteiger partial charge >= 0.3 is 0 Å². The van der Waals surface area contributed by atoms with Crippen LogP contribution in [0.5, 0.6) is 5.75 Å². The lowest BCUT2D eigenvalue weighted by Crippen LogP contribution is -2.08. The van der Waals surface area contributed by atoms with Gasteiger partial charge in [0.05, 0.1) is 0 Å². The Kier molecular flexibility index (Phi) is 3.06. The molecule has 1 aliphatic rings. The van der Waals surface area contributed by atoms with Crippen molar-refractivity contribution in [3.8, 4) is 5.75 Å². The van der Waals surface area contributed by atoms with Crippen molar-refractivity contribution < 1.29 is 5.11 Å². The quantitative estimate of drug-likeness (QED) is 0.812. The third-order valence-corrected chi connectivity index (χ3v) is 4.89. The molecular weight excluding hydrogens is 228 g/mol. The molecule has 0 atom stereocenters. The van der Waals surface area contributed by atoms with Crippen molar-refractivity contribution in [1.29, 1.82) is 0 Å². The highest BCUT2D eigenvalue weighted by atomic mass is 32.1. The molecule has 0 amide bonds. The minimum absolute atomic E-state index is 0.378. The smallest absolute Gasteiger partial charge is 0.117 e. The fourth-order valence-electron chi connectivity index (χ4n) is 2.85. The molecule has 1 N–H and O–H groups in total. The van der Waals surface area contributed by atoms with E-state index in [0.29, 0.717) is 5.75 Å². The van der Waals surface area contributed by atoms with Crippen LogP contribution in [0.2, 0.25) is 0 Å². The minimum Gasteiger partial charge on any atom is -0.508 e. The van der Waals surface area contributed by atoms with Gasteiger partial charge in [0.15, 0.2) is 0 Å². The van der Waals surface area contributed by atoms with Gasteiger partial charge in [0.2, 0.25) is 0 Å². The van der Waals surface area contributed by atoms with E-state index in [9.17, 15) is 5.11 Å². The normalized spacial score (nSPS) is 17.6. The summed E-state index contributed by atoms with van der Waals surface area (Å²) in [5.41, 5.74) is 0. The van der Waals surface area contributed by atoms with Crippen molar-refractivity contribution in [1.82, 2.24) is 0 Å². The van der Waals surface area contributed by atoms with Crippen molar-refractivity contribution in [2.75, 3.05) is 0 Å². The third kappa shape index (κ3) is 2.47. The second kappa shape index (κ2) is 4.69. The van der Waals surface area contributed by atoms with E-state index in [0.717, 1.165) is 5.92 Å². The van der Waals surface area contributed by atoms with Gasteiger partial charge in [-0.25, -0.2) is 0 Å². The van der Waals surface area contributed by atoms with Crippen LogP contribution in [0.25, 0.3) is 10.1 Å². The van der Waals surface area contributed by atoms with E-state index in [1.54, 1.807) is 6.07 Å². The van der Waals surface area contributed by atoms with Crippen LogP contribution < -0.4 is 0 Å². The van der Waals surface area contributed by atoms with Gasteiger partial charge in [-0.3, -0.25) is 0 Å². The summed E-state index contributed by atoms with van der Waals surface area (Å²) >= 11 is 1.85. The summed E-state index contributed by atoms with van der Waals surface area (Å²) in [6.07, 6.45) is 8.29. The lowest BCUT2D eigenvalue weighted by Gasteiger charge is -2.20. The lowest BCUT2D eigenvalue weighted by molar-refractivity contribution is 0.358. The number of fused-ring (bicyclic) bond motifs is 1. The van der Waals surface area contributed by atoms with Gasteiger partial charge in [0, 0.05) is 9.58 Å². The zero-order valence-corrected chi connectivity index (χ0v) is 10.8. The number of aromatic hydroxyl groups is 1. The molecule has 1 aromatic heterocycles. The molecule has 1 saturated carbocycles. The maximum absolute atomic E-state index is 9.47. The van der Waals surface area contributed by atoms with E-state index in [4.69, 9.17) is 0 Å². The average Bonchev–Trinajstić information content (AvgIpc) is 2.71. The average molecular weight is 246 g/mol. The van der Waals surface area contributed by atoms with Crippen LogP contribution in [0.4, 0.5) is 0 Å². The molecule has 90 valence electrons. The summed E-state index contributed by atoms with van der Waals surface area (Å²) in [4.78, 5) is 1.48. The molecule has 1 aromatic carbocycles. The van der Waals surface area contributed by atoms with Gasteiger partial charge < -0.3 is 5.11 Å². The van der Waals surface area contributed by atoms with E-state index in [1.165, 1.54) is 53.5 Å². The monoisotopic (exact) mass is 246 g/mol. The van der Waals surface area contributed by atoms with Crippen LogP contribution in [-0.4, -0.2) is 5.11 Å². The van der Waals surface area contributed by atoms with Gasteiger partial charge in [-0.15, -0.1) is 11.3 Å². The second-order valence-electron chi connectivity index (χ2n) is 5.14. The molecule has 0 radical (unpaired) electrons. The van der Waals surface area contributed by atoms with Crippen LogP contribution >= 0.6 is 11.3 Å². The van der Waals surface area contributed by atoms with Gasteiger partial charge in [-0.1, -0.05) is 32.1 Å². The first-order valence-electron chi connectivity index (χ1n) is 6.53. The van der Waals surface area contributed by atoms with Gasteiger partial charge in [-0.2, -0.15) is 0 Å². The summed E-state index contributed by atoms with van der Waals surface area (Å²) in [6, 6.07) is 7.98. The molecule has 0 aliphatic heterocycles. The molecule has 1 heterocycles. The van der Waals surface area contributed by atoms with Crippen LogP contribution in [0.3, 0.4) is 0 Å². The molecule has 1 fully saturated rings. The number of hydrogen-bond donors (Lipinski definition) is 1. The van der Waals surface area contributed by atoms with Crippen molar-refractivity contribution in [3.63, 3.8) is 0 Å². The number of thiophene rings is 1. The predicted octanol–water partition coefficient (Wildman–Crippen LogP) is 4.73. The molecule has 2 heteroatoms. The summed E-state index contributed by atoms with van der Waals surface area (Å²) < 4.78 is 1.22. The van der Waals surface area contributed by atoms with Crippen LogP contribution in [0.15, 0.2) is 24.3 Å². The Bertz CT molecular complexity index is 509. The van der Waals surface area contributed by atoms with Crippen molar-refractivity contribution in [2.24, 2.45) is 5.92 Å². The Morgan fingerprint density at radius 1 is 1.12 bits per heavy atom. The number of phenolic OH excluding ortho intramolecular Hbond substituents is 1. The van der Waals surface area contributed by atoms with E-state index in [1.807, 2.05) is 23.5 Å². The first-order valence-corrected chi connectivity index (χ1v) is 7.34. The number of benzene rings is 1. The largest absolute Gasteiger partial charge is 0.508 e.